The molecule has 2 heterocycles. The van der Waals surface area contributed by atoms with Crippen molar-refractivity contribution >= 4 is 0 Å². The van der Waals surface area contributed by atoms with Crippen LogP contribution in [0.2, 0.25) is 0 Å². The maximum atomic E-state index is 5.54. The minimum atomic E-state index is 0.349. The highest BCUT2D eigenvalue weighted by molar-refractivity contribution is 5.16. The molecular formula is C13H23N3O. The van der Waals surface area contributed by atoms with Gasteiger partial charge in [-0.25, -0.2) is 4.98 Å². The van der Waals surface area contributed by atoms with E-state index in [2.05, 4.69) is 28.7 Å². The van der Waals surface area contributed by atoms with Crippen LogP contribution in [0.5, 0.6) is 0 Å². The van der Waals surface area contributed by atoms with Gasteiger partial charge in [-0.2, -0.15) is 0 Å². The van der Waals surface area contributed by atoms with Crippen molar-refractivity contribution in [3.8, 4) is 0 Å². The van der Waals surface area contributed by atoms with Crippen LogP contribution < -0.4 is 5.32 Å². The van der Waals surface area contributed by atoms with E-state index in [-0.39, 0.29) is 0 Å². The van der Waals surface area contributed by atoms with Crippen molar-refractivity contribution in [2.45, 2.75) is 52.3 Å². The highest BCUT2D eigenvalue weighted by Gasteiger charge is 2.13. The molecule has 1 aromatic heterocycles. The van der Waals surface area contributed by atoms with E-state index in [0.717, 1.165) is 39.1 Å². The molecule has 0 aromatic carbocycles. The average Bonchev–Trinajstić information content (AvgIpc) is 2.72. The van der Waals surface area contributed by atoms with E-state index in [0.29, 0.717) is 6.10 Å². The van der Waals surface area contributed by atoms with Crippen LogP contribution in [-0.2, 0) is 24.2 Å². The smallest absolute Gasteiger partial charge is 0.0952 e. The van der Waals surface area contributed by atoms with Crippen molar-refractivity contribution in [1.29, 1.82) is 0 Å². The molecule has 0 saturated carbocycles. The second-order valence-corrected chi connectivity index (χ2v) is 4.88. The third kappa shape index (κ3) is 3.54. The van der Waals surface area contributed by atoms with Gasteiger partial charge in [-0.05, 0) is 26.7 Å². The molecule has 4 heteroatoms. The van der Waals surface area contributed by atoms with E-state index in [1.54, 1.807) is 0 Å². The van der Waals surface area contributed by atoms with Gasteiger partial charge in [0, 0.05) is 38.4 Å². The van der Waals surface area contributed by atoms with E-state index in [4.69, 9.17) is 4.74 Å². The molecule has 4 nitrogen and oxygen atoms in total. The molecule has 0 atom stereocenters. The topological polar surface area (TPSA) is 39.1 Å². The Morgan fingerprint density at radius 1 is 1.47 bits per heavy atom. The molecule has 0 fully saturated rings. The van der Waals surface area contributed by atoms with Gasteiger partial charge >= 0.3 is 0 Å². The van der Waals surface area contributed by atoms with Crippen molar-refractivity contribution in [3.63, 3.8) is 0 Å². The van der Waals surface area contributed by atoms with E-state index in [9.17, 15) is 0 Å². The van der Waals surface area contributed by atoms with Crippen LogP contribution in [0.25, 0.3) is 0 Å². The highest BCUT2D eigenvalue weighted by Crippen LogP contribution is 2.13. The van der Waals surface area contributed by atoms with Gasteiger partial charge in [0.15, 0.2) is 0 Å². The second kappa shape index (κ2) is 6.17. The lowest BCUT2D eigenvalue weighted by Crippen LogP contribution is -2.25. The lowest BCUT2D eigenvalue weighted by atomic mass is 10.2. The first kappa shape index (κ1) is 12.6. The van der Waals surface area contributed by atoms with Crippen LogP contribution in [0.1, 0.15) is 38.1 Å². The Labute approximate surface area is 103 Å². The van der Waals surface area contributed by atoms with Crippen LogP contribution in [0.4, 0.5) is 0 Å². The van der Waals surface area contributed by atoms with Gasteiger partial charge in [0.2, 0.25) is 0 Å². The summed E-state index contributed by atoms with van der Waals surface area (Å²) in [6.07, 6.45) is 5.74. The van der Waals surface area contributed by atoms with Crippen molar-refractivity contribution < 1.29 is 4.74 Å². The Morgan fingerprint density at radius 2 is 2.35 bits per heavy atom. The van der Waals surface area contributed by atoms with Crippen LogP contribution in [0.3, 0.4) is 0 Å². The van der Waals surface area contributed by atoms with Gasteiger partial charge in [0.25, 0.3) is 0 Å². The predicted octanol–water partition coefficient (Wildman–Crippen LogP) is 1.73. The summed E-state index contributed by atoms with van der Waals surface area (Å²) in [7, 11) is 0. The largest absolute Gasteiger partial charge is 0.379 e. The molecule has 0 bridgehead atoms. The van der Waals surface area contributed by atoms with E-state index >= 15 is 0 Å². The first-order chi connectivity index (χ1) is 8.27. The molecule has 1 aliphatic heterocycles. The molecule has 0 saturated heterocycles. The number of imidazole rings is 1. The van der Waals surface area contributed by atoms with E-state index < -0.39 is 0 Å². The number of aryl methyl sites for hydroxylation is 1. The highest BCUT2D eigenvalue weighted by atomic mass is 16.5. The van der Waals surface area contributed by atoms with Crippen LogP contribution in [-0.4, -0.2) is 28.8 Å². The second-order valence-electron chi connectivity index (χ2n) is 4.88. The Balaban J connectivity index is 1.74. The van der Waals surface area contributed by atoms with Crippen LogP contribution in [0, 0.1) is 0 Å². The normalized spacial score (nSPS) is 15.2. The number of hydrogen-bond acceptors (Lipinski definition) is 3. The Hall–Kier alpha value is -0.870. The zero-order chi connectivity index (χ0) is 12.1. The summed E-state index contributed by atoms with van der Waals surface area (Å²) in [4.78, 5) is 4.45. The molecule has 1 N–H and O–H groups in total. The molecule has 0 spiro atoms. The van der Waals surface area contributed by atoms with Gasteiger partial charge in [0.1, 0.15) is 0 Å². The summed E-state index contributed by atoms with van der Waals surface area (Å²) >= 11 is 0. The maximum Gasteiger partial charge on any atom is 0.0952 e. The molecule has 17 heavy (non-hydrogen) atoms. The maximum absolute atomic E-state index is 5.54. The first-order valence-corrected chi connectivity index (χ1v) is 6.62. The molecule has 0 radical (unpaired) electrons. The quantitative estimate of drug-likeness (QED) is 0.766. The summed E-state index contributed by atoms with van der Waals surface area (Å²) in [5.41, 5.74) is 2.66. The van der Waals surface area contributed by atoms with Crippen molar-refractivity contribution in [3.05, 3.63) is 17.7 Å². The minimum Gasteiger partial charge on any atom is -0.379 e. The Morgan fingerprint density at radius 3 is 3.18 bits per heavy atom. The Kier molecular flexibility index (Phi) is 4.57. The molecule has 0 amide bonds. The lowest BCUT2D eigenvalue weighted by Gasteiger charge is -2.15. The summed E-state index contributed by atoms with van der Waals surface area (Å²) in [5.74, 6) is 0. The Bertz CT molecular complexity index is 346. The molecule has 0 unspecified atom stereocenters. The standard InChI is InChI=1S/C13H23N3O/c1-11(2)17-8-4-3-7-16-10-15-12-9-14-6-5-13(12)16/h10-11,14H,3-9H2,1-2H3. The number of nitrogens with one attached hydrogen (secondary N) is 1. The number of hydrogen-bond donors (Lipinski definition) is 1. The zero-order valence-corrected chi connectivity index (χ0v) is 10.9. The lowest BCUT2D eigenvalue weighted by molar-refractivity contribution is 0.0754. The van der Waals surface area contributed by atoms with Crippen molar-refractivity contribution in [2.24, 2.45) is 0 Å². The number of nitrogens with zero attached hydrogens (tertiary/aromatic N) is 2. The number of ether oxygens (including phenoxy) is 1. The number of aromatic nitrogens is 2. The third-order valence-electron chi connectivity index (χ3n) is 3.11. The van der Waals surface area contributed by atoms with Gasteiger partial charge in [-0.15, -0.1) is 0 Å². The van der Waals surface area contributed by atoms with Gasteiger partial charge in [-0.3, -0.25) is 0 Å². The fourth-order valence-electron chi connectivity index (χ4n) is 2.19. The number of fused-ring (bicyclic) bond motifs is 1. The fraction of sp³-hybridized carbons (Fsp3) is 0.769. The molecule has 96 valence electrons. The van der Waals surface area contributed by atoms with Crippen LogP contribution >= 0.6 is 0 Å². The predicted molar refractivity (Wildman–Crippen MR) is 68.0 cm³/mol. The van der Waals surface area contributed by atoms with Crippen molar-refractivity contribution in [2.75, 3.05) is 13.2 Å². The third-order valence-corrected chi connectivity index (χ3v) is 3.11. The first-order valence-electron chi connectivity index (χ1n) is 6.62. The monoisotopic (exact) mass is 237 g/mol. The van der Waals surface area contributed by atoms with Crippen molar-refractivity contribution in [1.82, 2.24) is 14.9 Å². The average molecular weight is 237 g/mol. The van der Waals surface area contributed by atoms with Gasteiger partial charge in [0.05, 0.1) is 18.1 Å². The summed E-state index contributed by atoms with van der Waals surface area (Å²) in [5, 5.41) is 3.35. The summed E-state index contributed by atoms with van der Waals surface area (Å²) < 4.78 is 7.85. The molecular weight excluding hydrogens is 214 g/mol. The van der Waals surface area contributed by atoms with Gasteiger partial charge in [-0.1, -0.05) is 0 Å². The molecule has 2 rings (SSSR count). The van der Waals surface area contributed by atoms with Gasteiger partial charge < -0.3 is 14.6 Å². The summed E-state index contributed by atoms with van der Waals surface area (Å²) in [6, 6.07) is 0. The van der Waals surface area contributed by atoms with Crippen LogP contribution in [0.15, 0.2) is 6.33 Å². The van der Waals surface area contributed by atoms with E-state index in [1.165, 1.54) is 17.8 Å². The molecule has 1 aromatic rings. The minimum absolute atomic E-state index is 0.349. The number of unbranched alkanes of at least 4 members (excludes halogenated alkanes) is 1. The summed E-state index contributed by atoms with van der Waals surface area (Å²) in [6.45, 7) is 8.12. The molecule has 1 aliphatic rings. The SMILES string of the molecule is CC(C)OCCCCn1cnc2c1CCNC2. The zero-order valence-electron chi connectivity index (χ0n) is 10.9. The molecule has 0 aliphatic carbocycles. The fourth-order valence-corrected chi connectivity index (χ4v) is 2.19. The van der Waals surface area contributed by atoms with E-state index in [1.807, 2.05) is 6.33 Å². The number of rotatable bonds is 6.